The summed E-state index contributed by atoms with van der Waals surface area (Å²) in [7, 11) is 0. The molecule has 0 spiro atoms. The van der Waals surface area contributed by atoms with Crippen molar-refractivity contribution >= 4 is 22.5 Å². The summed E-state index contributed by atoms with van der Waals surface area (Å²) in [6.45, 7) is 2.19. The lowest BCUT2D eigenvalue weighted by Crippen LogP contribution is -1.91. The van der Waals surface area contributed by atoms with Crippen LogP contribution in [0.2, 0.25) is 0 Å². The number of H-pyrrole nitrogens is 1. The largest absolute Gasteiger partial charge is 0.254 e. The summed E-state index contributed by atoms with van der Waals surface area (Å²) >= 11 is 1.69. The standard InChI is InChI=1S/C14H13N3S/c1-10(18-14-15-9-16-17-14)12-8-4-6-11-5-2-3-7-13(11)12/h2-10H,1H3,(H,15,16,17)/t10-/m0/s1. The lowest BCUT2D eigenvalue weighted by molar-refractivity contribution is 0.961. The van der Waals surface area contributed by atoms with E-state index in [1.54, 1.807) is 11.8 Å². The van der Waals surface area contributed by atoms with E-state index in [0.717, 1.165) is 5.16 Å². The van der Waals surface area contributed by atoms with Gasteiger partial charge in [-0.3, -0.25) is 5.10 Å². The third kappa shape index (κ3) is 2.11. The molecule has 0 unspecified atom stereocenters. The van der Waals surface area contributed by atoms with Gasteiger partial charge in [0.25, 0.3) is 0 Å². The van der Waals surface area contributed by atoms with Crippen LogP contribution in [0.15, 0.2) is 53.9 Å². The molecule has 0 aliphatic heterocycles. The first kappa shape index (κ1) is 11.3. The molecule has 0 amide bonds. The Balaban J connectivity index is 1.98. The topological polar surface area (TPSA) is 41.6 Å². The van der Waals surface area contributed by atoms with Crippen molar-refractivity contribution in [2.24, 2.45) is 0 Å². The smallest absolute Gasteiger partial charge is 0.183 e. The third-order valence-electron chi connectivity index (χ3n) is 2.94. The highest BCUT2D eigenvalue weighted by Crippen LogP contribution is 2.35. The number of thioether (sulfide) groups is 1. The fraction of sp³-hybridized carbons (Fsp3) is 0.143. The molecule has 18 heavy (non-hydrogen) atoms. The molecule has 0 fully saturated rings. The molecule has 0 aliphatic carbocycles. The Morgan fingerprint density at radius 1 is 1.11 bits per heavy atom. The second-order valence-electron chi connectivity index (χ2n) is 4.12. The lowest BCUT2D eigenvalue weighted by Gasteiger charge is -2.12. The van der Waals surface area contributed by atoms with Gasteiger partial charge in [0.1, 0.15) is 6.33 Å². The number of rotatable bonds is 3. The number of benzene rings is 2. The first-order valence-corrected chi connectivity index (χ1v) is 6.72. The molecular formula is C14H13N3S. The second kappa shape index (κ2) is 4.82. The van der Waals surface area contributed by atoms with Gasteiger partial charge < -0.3 is 0 Å². The van der Waals surface area contributed by atoms with Crippen LogP contribution in [0, 0.1) is 0 Å². The highest BCUT2D eigenvalue weighted by atomic mass is 32.2. The molecular weight excluding hydrogens is 242 g/mol. The molecule has 1 aromatic heterocycles. The van der Waals surface area contributed by atoms with Crippen molar-refractivity contribution in [3.8, 4) is 0 Å². The summed E-state index contributed by atoms with van der Waals surface area (Å²) in [5, 5.41) is 10.5. The molecule has 0 saturated heterocycles. The van der Waals surface area contributed by atoms with Gasteiger partial charge in [-0.1, -0.05) is 54.2 Å². The van der Waals surface area contributed by atoms with Crippen LogP contribution in [-0.2, 0) is 0 Å². The van der Waals surface area contributed by atoms with Crippen molar-refractivity contribution in [1.82, 2.24) is 15.2 Å². The van der Waals surface area contributed by atoms with E-state index in [2.05, 4.69) is 64.6 Å². The van der Waals surface area contributed by atoms with Gasteiger partial charge >= 0.3 is 0 Å². The molecule has 90 valence electrons. The minimum atomic E-state index is 0.337. The predicted molar refractivity (Wildman–Crippen MR) is 74.6 cm³/mol. The van der Waals surface area contributed by atoms with E-state index < -0.39 is 0 Å². The molecule has 4 heteroatoms. The normalized spacial score (nSPS) is 12.7. The fourth-order valence-electron chi connectivity index (χ4n) is 2.09. The Bertz CT molecular complexity index is 644. The average molecular weight is 255 g/mol. The van der Waals surface area contributed by atoms with Gasteiger partial charge in [0.15, 0.2) is 5.16 Å². The van der Waals surface area contributed by atoms with Crippen molar-refractivity contribution in [3.63, 3.8) is 0 Å². The van der Waals surface area contributed by atoms with Gasteiger partial charge in [-0.05, 0) is 23.3 Å². The highest BCUT2D eigenvalue weighted by molar-refractivity contribution is 7.99. The Kier molecular flexibility index (Phi) is 3.02. The zero-order valence-electron chi connectivity index (χ0n) is 10.00. The zero-order valence-corrected chi connectivity index (χ0v) is 10.8. The van der Waals surface area contributed by atoms with Crippen LogP contribution < -0.4 is 0 Å². The summed E-state index contributed by atoms with van der Waals surface area (Å²) < 4.78 is 0. The van der Waals surface area contributed by atoms with E-state index in [1.165, 1.54) is 22.7 Å². The lowest BCUT2D eigenvalue weighted by atomic mass is 10.0. The number of aromatic amines is 1. The third-order valence-corrected chi connectivity index (χ3v) is 3.97. The molecule has 0 aliphatic rings. The van der Waals surface area contributed by atoms with Crippen LogP contribution in [-0.4, -0.2) is 15.2 Å². The van der Waals surface area contributed by atoms with Crippen molar-refractivity contribution in [3.05, 3.63) is 54.4 Å². The Labute approximate surface area is 110 Å². The summed E-state index contributed by atoms with van der Waals surface area (Å²) in [6.07, 6.45) is 1.54. The fourth-order valence-corrected chi connectivity index (χ4v) is 2.97. The molecule has 2 aromatic carbocycles. The molecule has 0 radical (unpaired) electrons. The van der Waals surface area contributed by atoms with Crippen molar-refractivity contribution in [1.29, 1.82) is 0 Å². The maximum atomic E-state index is 4.16. The van der Waals surface area contributed by atoms with Gasteiger partial charge in [0, 0.05) is 5.25 Å². The van der Waals surface area contributed by atoms with Crippen LogP contribution in [0.4, 0.5) is 0 Å². The summed E-state index contributed by atoms with van der Waals surface area (Å²) in [6, 6.07) is 14.9. The molecule has 3 nitrogen and oxygen atoms in total. The highest BCUT2D eigenvalue weighted by Gasteiger charge is 2.11. The van der Waals surface area contributed by atoms with Crippen molar-refractivity contribution < 1.29 is 0 Å². The predicted octanol–water partition coefficient (Wildman–Crippen LogP) is 3.81. The number of aromatic nitrogens is 3. The van der Waals surface area contributed by atoms with Crippen molar-refractivity contribution in [2.75, 3.05) is 0 Å². The van der Waals surface area contributed by atoms with Gasteiger partial charge in [-0.15, -0.1) is 0 Å². The molecule has 3 rings (SSSR count). The van der Waals surface area contributed by atoms with E-state index in [-0.39, 0.29) is 0 Å². The van der Waals surface area contributed by atoms with E-state index in [1.807, 2.05) is 0 Å². The minimum absolute atomic E-state index is 0.337. The molecule has 1 atom stereocenters. The number of hydrogen-bond donors (Lipinski definition) is 1. The molecule has 0 bridgehead atoms. The summed E-state index contributed by atoms with van der Waals surface area (Å²) in [5.41, 5.74) is 1.33. The quantitative estimate of drug-likeness (QED) is 0.723. The average Bonchev–Trinajstić information content (AvgIpc) is 2.91. The van der Waals surface area contributed by atoms with Crippen molar-refractivity contribution in [2.45, 2.75) is 17.3 Å². The van der Waals surface area contributed by atoms with Gasteiger partial charge in [-0.25, -0.2) is 4.98 Å². The van der Waals surface area contributed by atoms with Crippen LogP contribution in [0.1, 0.15) is 17.7 Å². The molecule has 0 saturated carbocycles. The van der Waals surface area contributed by atoms with Crippen LogP contribution in [0.5, 0.6) is 0 Å². The number of nitrogens with one attached hydrogen (secondary N) is 1. The van der Waals surface area contributed by atoms with Gasteiger partial charge in [0.2, 0.25) is 0 Å². The van der Waals surface area contributed by atoms with Crippen LogP contribution >= 0.6 is 11.8 Å². The number of nitrogens with zero attached hydrogens (tertiary/aromatic N) is 2. The Morgan fingerprint density at radius 2 is 1.94 bits per heavy atom. The van der Waals surface area contributed by atoms with Gasteiger partial charge in [0.05, 0.1) is 0 Å². The van der Waals surface area contributed by atoms with Crippen LogP contribution in [0.3, 0.4) is 0 Å². The maximum Gasteiger partial charge on any atom is 0.183 e. The van der Waals surface area contributed by atoms with E-state index in [9.17, 15) is 0 Å². The van der Waals surface area contributed by atoms with E-state index in [4.69, 9.17) is 0 Å². The second-order valence-corrected chi connectivity index (χ2v) is 5.45. The van der Waals surface area contributed by atoms with Crippen LogP contribution in [0.25, 0.3) is 10.8 Å². The summed E-state index contributed by atoms with van der Waals surface area (Å²) in [4.78, 5) is 4.16. The Morgan fingerprint density at radius 3 is 2.78 bits per heavy atom. The van der Waals surface area contributed by atoms with Gasteiger partial charge in [-0.2, -0.15) is 5.10 Å². The first-order valence-electron chi connectivity index (χ1n) is 5.84. The Hall–Kier alpha value is -1.81. The monoisotopic (exact) mass is 255 g/mol. The first-order chi connectivity index (χ1) is 8.84. The summed E-state index contributed by atoms with van der Waals surface area (Å²) in [5.74, 6) is 0. The maximum absolute atomic E-state index is 4.16. The molecule has 1 heterocycles. The molecule has 1 N–H and O–H groups in total. The number of hydrogen-bond acceptors (Lipinski definition) is 3. The number of fused-ring (bicyclic) bond motifs is 1. The zero-order chi connectivity index (χ0) is 12.4. The SMILES string of the molecule is C[C@H](Sc1ncn[nH]1)c1cccc2ccccc12. The molecule has 3 aromatic rings. The van der Waals surface area contributed by atoms with E-state index >= 15 is 0 Å². The van der Waals surface area contributed by atoms with E-state index in [0.29, 0.717) is 5.25 Å². The minimum Gasteiger partial charge on any atom is -0.254 e.